The minimum atomic E-state index is 0.0856. The highest BCUT2D eigenvalue weighted by Crippen LogP contribution is 2.31. The molecule has 1 N–H and O–H groups in total. The van der Waals surface area contributed by atoms with Gasteiger partial charge in [-0.1, -0.05) is 32.9 Å². The van der Waals surface area contributed by atoms with Gasteiger partial charge in [-0.3, -0.25) is 5.32 Å². The van der Waals surface area contributed by atoms with Crippen molar-refractivity contribution in [2.24, 2.45) is 0 Å². The molecule has 0 heterocycles. The number of hydrogen-bond acceptors (Lipinski definition) is 2. The lowest BCUT2D eigenvalue weighted by molar-refractivity contribution is 0.397. The molecule has 0 saturated heterocycles. The molecule has 0 atom stereocenters. The summed E-state index contributed by atoms with van der Waals surface area (Å²) in [5.74, 6) is 0.946. The Balaban J connectivity index is 3.02. The number of hydrogen-bond donors (Lipinski definition) is 1. The van der Waals surface area contributed by atoms with Crippen molar-refractivity contribution in [2.45, 2.75) is 32.7 Å². The van der Waals surface area contributed by atoms with Crippen LogP contribution in [0.25, 0.3) is 0 Å². The van der Waals surface area contributed by atoms with Crippen LogP contribution in [0.5, 0.6) is 5.75 Å². The molecule has 0 fully saturated rings. The lowest BCUT2D eigenvalue weighted by atomic mass is 9.85. The predicted octanol–water partition coefficient (Wildman–Crippen LogP) is 3.28. The maximum Gasteiger partial charge on any atom is 0.122 e. The molecule has 16 heavy (non-hydrogen) atoms. The normalized spacial score (nSPS) is 11.6. The summed E-state index contributed by atoms with van der Waals surface area (Å²) in [5, 5.41) is 3.11. The minimum Gasteiger partial charge on any atom is -0.496 e. The van der Waals surface area contributed by atoms with Crippen LogP contribution in [0.4, 0.5) is 0 Å². The molecule has 0 radical (unpaired) electrons. The fraction of sp³-hybridized carbons (Fsp3) is 0.538. The molecule has 0 spiro atoms. The Kier molecular flexibility index (Phi) is 4.63. The van der Waals surface area contributed by atoms with E-state index in [-0.39, 0.29) is 5.41 Å². The highest BCUT2D eigenvalue weighted by Gasteiger charge is 2.18. The number of halogens is 1. The van der Waals surface area contributed by atoms with Gasteiger partial charge in [-0.05, 0) is 22.6 Å². The van der Waals surface area contributed by atoms with Gasteiger partial charge in [-0.2, -0.15) is 0 Å². The second-order valence-electron chi connectivity index (χ2n) is 4.85. The van der Waals surface area contributed by atoms with E-state index >= 15 is 0 Å². The molecule has 0 unspecified atom stereocenters. The van der Waals surface area contributed by atoms with Gasteiger partial charge >= 0.3 is 0 Å². The van der Waals surface area contributed by atoms with Crippen LogP contribution in [0.2, 0.25) is 0 Å². The maximum atomic E-state index is 5.60. The standard InChI is InChI=1S/C13H20ClNO/c1-13(2,3)11-7-10(8-15-9-14)5-6-12(11)16-4/h5-7,15H,8-9H2,1-4H3. The topological polar surface area (TPSA) is 21.3 Å². The van der Waals surface area contributed by atoms with E-state index in [9.17, 15) is 0 Å². The second-order valence-corrected chi connectivity index (χ2v) is 5.11. The molecule has 0 bridgehead atoms. The highest BCUT2D eigenvalue weighted by atomic mass is 35.5. The molecule has 1 aromatic carbocycles. The Morgan fingerprint density at radius 3 is 2.50 bits per heavy atom. The molecule has 3 heteroatoms. The smallest absolute Gasteiger partial charge is 0.122 e. The first kappa shape index (κ1) is 13.3. The zero-order chi connectivity index (χ0) is 12.2. The Morgan fingerprint density at radius 1 is 1.31 bits per heavy atom. The maximum absolute atomic E-state index is 5.60. The zero-order valence-electron chi connectivity index (χ0n) is 10.4. The summed E-state index contributed by atoms with van der Waals surface area (Å²) in [7, 11) is 1.71. The van der Waals surface area contributed by atoms with Crippen molar-refractivity contribution in [1.29, 1.82) is 0 Å². The summed E-state index contributed by atoms with van der Waals surface area (Å²) in [6, 6.07) is 6.73. The Morgan fingerprint density at radius 2 is 2.00 bits per heavy atom. The van der Waals surface area contributed by atoms with Crippen LogP contribution in [-0.4, -0.2) is 13.1 Å². The van der Waals surface area contributed by atoms with Crippen LogP contribution in [0.1, 0.15) is 31.9 Å². The second kappa shape index (κ2) is 5.55. The van der Waals surface area contributed by atoms with Gasteiger partial charge in [0.2, 0.25) is 0 Å². The van der Waals surface area contributed by atoms with Crippen molar-refractivity contribution in [3.63, 3.8) is 0 Å². The fourth-order valence-electron chi connectivity index (χ4n) is 1.64. The Labute approximate surface area is 103 Å². The van der Waals surface area contributed by atoms with Crippen molar-refractivity contribution in [2.75, 3.05) is 13.1 Å². The number of ether oxygens (including phenoxy) is 1. The third-order valence-corrected chi connectivity index (χ3v) is 2.68. The van der Waals surface area contributed by atoms with Gasteiger partial charge < -0.3 is 4.74 Å². The SMILES string of the molecule is COc1ccc(CNCCl)cc1C(C)(C)C. The van der Waals surface area contributed by atoms with E-state index in [2.05, 4.69) is 38.2 Å². The van der Waals surface area contributed by atoms with Crippen LogP contribution < -0.4 is 10.1 Å². The quantitative estimate of drug-likeness (QED) is 0.645. The number of rotatable bonds is 4. The minimum absolute atomic E-state index is 0.0856. The van der Waals surface area contributed by atoms with Crippen molar-refractivity contribution in [3.05, 3.63) is 29.3 Å². The molecule has 0 aliphatic heterocycles. The summed E-state index contributed by atoms with van der Waals surface area (Å²) in [6.45, 7) is 7.34. The van der Waals surface area contributed by atoms with Crippen molar-refractivity contribution in [3.8, 4) is 5.75 Å². The van der Waals surface area contributed by atoms with Crippen molar-refractivity contribution < 1.29 is 4.74 Å². The lowest BCUT2D eigenvalue weighted by Crippen LogP contribution is -2.15. The van der Waals surface area contributed by atoms with Crippen LogP contribution in [0, 0.1) is 0 Å². The number of alkyl halides is 1. The molecular formula is C13H20ClNO. The van der Waals surface area contributed by atoms with Crippen LogP contribution in [0.15, 0.2) is 18.2 Å². The van der Waals surface area contributed by atoms with E-state index < -0.39 is 0 Å². The molecule has 0 aromatic heterocycles. The van der Waals surface area contributed by atoms with Gasteiger partial charge in [0.25, 0.3) is 0 Å². The van der Waals surface area contributed by atoms with Gasteiger partial charge in [0, 0.05) is 6.54 Å². The average Bonchev–Trinajstić information content (AvgIpc) is 2.24. The van der Waals surface area contributed by atoms with E-state index in [0.29, 0.717) is 6.00 Å². The predicted molar refractivity (Wildman–Crippen MR) is 69.3 cm³/mol. The Hall–Kier alpha value is -0.730. The van der Waals surface area contributed by atoms with Crippen molar-refractivity contribution >= 4 is 11.6 Å². The van der Waals surface area contributed by atoms with E-state index in [4.69, 9.17) is 16.3 Å². The number of benzene rings is 1. The first-order valence-electron chi connectivity index (χ1n) is 5.43. The highest BCUT2D eigenvalue weighted by molar-refractivity contribution is 6.17. The van der Waals surface area contributed by atoms with E-state index in [1.165, 1.54) is 11.1 Å². The van der Waals surface area contributed by atoms with Gasteiger partial charge in [-0.15, -0.1) is 11.6 Å². The first-order valence-corrected chi connectivity index (χ1v) is 5.96. The molecule has 1 aromatic rings. The number of methoxy groups -OCH3 is 1. The molecule has 0 aliphatic carbocycles. The summed E-state index contributed by atoms with van der Waals surface area (Å²) < 4.78 is 5.38. The Bertz CT molecular complexity index is 344. The van der Waals surface area contributed by atoms with Crippen LogP contribution in [-0.2, 0) is 12.0 Å². The van der Waals surface area contributed by atoms with Gasteiger partial charge in [0.15, 0.2) is 0 Å². The van der Waals surface area contributed by atoms with Crippen LogP contribution in [0.3, 0.4) is 0 Å². The monoisotopic (exact) mass is 241 g/mol. The van der Waals surface area contributed by atoms with Crippen molar-refractivity contribution in [1.82, 2.24) is 5.32 Å². The van der Waals surface area contributed by atoms with E-state index in [0.717, 1.165) is 12.3 Å². The molecule has 90 valence electrons. The average molecular weight is 242 g/mol. The summed E-state index contributed by atoms with van der Waals surface area (Å²) in [6.07, 6.45) is 0. The lowest BCUT2D eigenvalue weighted by Gasteiger charge is -2.23. The molecule has 0 saturated carbocycles. The van der Waals surface area contributed by atoms with E-state index in [1.54, 1.807) is 7.11 Å². The van der Waals surface area contributed by atoms with Gasteiger partial charge in [-0.25, -0.2) is 0 Å². The molecule has 2 nitrogen and oxygen atoms in total. The summed E-state index contributed by atoms with van der Waals surface area (Å²) in [4.78, 5) is 0. The zero-order valence-corrected chi connectivity index (χ0v) is 11.2. The molecular weight excluding hydrogens is 222 g/mol. The van der Waals surface area contributed by atoms with Crippen LogP contribution >= 0.6 is 11.6 Å². The summed E-state index contributed by atoms with van der Waals surface area (Å²) >= 11 is 5.60. The van der Waals surface area contributed by atoms with Gasteiger partial charge in [0.05, 0.1) is 13.1 Å². The largest absolute Gasteiger partial charge is 0.496 e. The molecule has 0 amide bonds. The third kappa shape index (κ3) is 3.39. The number of nitrogens with one attached hydrogen (secondary N) is 1. The third-order valence-electron chi connectivity index (χ3n) is 2.50. The molecule has 1 rings (SSSR count). The molecule has 0 aliphatic rings. The summed E-state index contributed by atoms with van der Waals surface area (Å²) in [5.41, 5.74) is 2.54. The fourth-order valence-corrected chi connectivity index (χ4v) is 1.74. The first-order chi connectivity index (χ1) is 7.49. The van der Waals surface area contributed by atoms with Gasteiger partial charge in [0.1, 0.15) is 5.75 Å². The van der Waals surface area contributed by atoms with E-state index in [1.807, 2.05) is 6.07 Å².